The number of hydrogen-bond donors (Lipinski definition) is 1. The Morgan fingerprint density at radius 3 is 2.71 bits per heavy atom. The Balaban J connectivity index is 2.59. The fourth-order valence-electron chi connectivity index (χ4n) is 1.20. The molecule has 1 aromatic rings. The second-order valence-corrected chi connectivity index (χ2v) is 4.11. The molecule has 0 fully saturated rings. The van der Waals surface area contributed by atoms with E-state index in [2.05, 4.69) is 42.4 Å². The first-order chi connectivity index (χ1) is 6.53. The van der Waals surface area contributed by atoms with Crippen LogP contribution >= 0.6 is 0 Å². The van der Waals surface area contributed by atoms with Gasteiger partial charge in [-0.15, -0.1) is 6.42 Å². The lowest BCUT2D eigenvalue weighted by atomic mass is 10.1. The Morgan fingerprint density at radius 2 is 2.14 bits per heavy atom. The Morgan fingerprint density at radius 1 is 1.43 bits per heavy atom. The molecule has 1 rings (SSSR count). The predicted octanol–water partition coefficient (Wildman–Crippen LogP) is 2.50. The first-order valence-corrected chi connectivity index (χ1v) is 4.82. The first kappa shape index (κ1) is 10.8. The van der Waals surface area contributed by atoms with Gasteiger partial charge in [-0.25, -0.2) is 0 Å². The van der Waals surface area contributed by atoms with Crippen molar-refractivity contribution < 1.29 is 0 Å². The Labute approximate surface area is 86.5 Å². The van der Waals surface area contributed by atoms with Crippen LogP contribution in [0.1, 0.15) is 25.0 Å². The van der Waals surface area contributed by atoms with Gasteiger partial charge in [0.15, 0.2) is 0 Å². The third-order valence-electron chi connectivity index (χ3n) is 2.18. The molecule has 0 aliphatic carbocycles. The molecular formula is C13H17N. The van der Waals surface area contributed by atoms with Crippen LogP contribution in [0.3, 0.4) is 0 Å². The SMILES string of the molecule is C#CC(C)(C)NCc1cccc(C)c1. The van der Waals surface area contributed by atoms with Crippen LogP contribution in [0.4, 0.5) is 0 Å². The molecule has 1 nitrogen and oxygen atoms in total. The van der Waals surface area contributed by atoms with Crippen molar-refractivity contribution >= 4 is 0 Å². The zero-order valence-corrected chi connectivity index (χ0v) is 9.09. The molecule has 14 heavy (non-hydrogen) atoms. The van der Waals surface area contributed by atoms with E-state index in [-0.39, 0.29) is 5.54 Å². The Bertz CT molecular complexity index is 344. The molecule has 0 aromatic heterocycles. The van der Waals surface area contributed by atoms with E-state index in [0.717, 1.165) is 6.54 Å². The summed E-state index contributed by atoms with van der Waals surface area (Å²) in [7, 11) is 0. The fourth-order valence-corrected chi connectivity index (χ4v) is 1.20. The van der Waals surface area contributed by atoms with E-state index in [4.69, 9.17) is 6.42 Å². The van der Waals surface area contributed by atoms with Crippen molar-refractivity contribution in [3.05, 3.63) is 35.4 Å². The number of terminal acetylenes is 1. The third kappa shape index (κ3) is 3.24. The highest BCUT2D eigenvalue weighted by Gasteiger charge is 2.11. The van der Waals surface area contributed by atoms with Crippen LogP contribution in [0.25, 0.3) is 0 Å². The van der Waals surface area contributed by atoms with Gasteiger partial charge >= 0.3 is 0 Å². The lowest BCUT2D eigenvalue weighted by molar-refractivity contribution is 0.491. The van der Waals surface area contributed by atoms with Crippen LogP contribution in [-0.4, -0.2) is 5.54 Å². The van der Waals surface area contributed by atoms with E-state index in [1.54, 1.807) is 0 Å². The summed E-state index contributed by atoms with van der Waals surface area (Å²) in [5, 5.41) is 3.32. The van der Waals surface area contributed by atoms with Gasteiger partial charge in [-0.1, -0.05) is 35.7 Å². The molecule has 0 amide bonds. The van der Waals surface area contributed by atoms with E-state index in [9.17, 15) is 0 Å². The molecule has 0 heterocycles. The van der Waals surface area contributed by atoms with Crippen molar-refractivity contribution in [2.45, 2.75) is 32.9 Å². The topological polar surface area (TPSA) is 12.0 Å². The minimum atomic E-state index is -0.232. The molecule has 0 unspecified atom stereocenters. The summed E-state index contributed by atoms with van der Waals surface area (Å²) in [6.45, 7) is 6.92. The molecule has 1 aromatic carbocycles. The quantitative estimate of drug-likeness (QED) is 0.717. The van der Waals surface area contributed by atoms with Crippen molar-refractivity contribution in [1.29, 1.82) is 0 Å². The second-order valence-electron chi connectivity index (χ2n) is 4.11. The molecule has 0 bridgehead atoms. The van der Waals surface area contributed by atoms with Crippen LogP contribution < -0.4 is 5.32 Å². The minimum absolute atomic E-state index is 0.232. The van der Waals surface area contributed by atoms with Crippen molar-refractivity contribution in [2.75, 3.05) is 0 Å². The average Bonchev–Trinajstić information content (AvgIpc) is 2.15. The largest absolute Gasteiger partial charge is 0.298 e. The van der Waals surface area contributed by atoms with E-state index >= 15 is 0 Å². The summed E-state index contributed by atoms with van der Waals surface area (Å²) in [4.78, 5) is 0. The van der Waals surface area contributed by atoms with E-state index in [0.29, 0.717) is 0 Å². The van der Waals surface area contributed by atoms with E-state index < -0.39 is 0 Å². The van der Waals surface area contributed by atoms with Gasteiger partial charge in [-0.2, -0.15) is 0 Å². The normalized spacial score (nSPS) is 11.0. The molecule has 0 saturated heterocycles. The summed E-state index contributed by atoms with van der Waals surface area (Å²) >= 11 is 0. The van der Waals surface area contributed by atoms with Crippen LogP contribution in [0, 0.1) is 19.3 Å². The van der Waals surface area contributed by atoms with Gasteiger partial charge < -0.3 is 0 Å². The van der Waals surface area contributed by atoms with Crippen molar-refractivity contribution in [1.82, 2.24) is 5.32 Å². The van der Waals surface area contributed by atoms with Crippen molar-refractivity contribution in [3.8, 4) is 12.3 Å². The summed E-state index contributed by atoms with van der Waals surface area (Å²) in [6, 6.07) is 8.43. The summed E-state index contributed by atoms with van der Waals surface area (Å²) in [6.07, 6.45) is 5.39. The number of rotatable bonds is 3. The molecule has 0 saturated carbocycles. The maximum atomic E-state index is 5.39. The lowest BCUT2D eigenvalue weighted by Gasteiger charge is -2.19. The lowest BCUT2D eigenvalue weighted by Crippen LogP contribution is -2.36. The molecule has 0 radical (unpaired) electrons. The highest BCUT2D eigenvalue weighted by molar-refractivity contribution is 5.22. The van der Waals surface area contributed by atoms with Crippen molar-refractivity contribution in [2.24, 2.45) is 0 Å². The first-order valence-electron chi connectivity index (χ1n) is 4.82. The molecule has 1 heteroatoms. The highest BCUT2D eigenvalue weighted by atomic mass is 14.9. The molecule has 0 atom stereocenters. The second kappa shape index (κ2) is 4.30. The number of nitrogens with one attached hydrogen (secondary N) is 1. The van der Waals surface area contributed by atoms with Gasteiger partial charge in [0.05, 0.1) is 5.54 Å². The molecule has 0 aliphatic heterocycles. The maximum absolute atomic E-state index is 5.39. The monoisotopic (exact) mass is 187 g/mol. The molecule has 1 N–H and O–H groups in total. The number of benzene rings is 1. The number of hydrogen-bond acceptors (Lipinski definition) is 1. The molecular weight excluding hydrogens is 170 g/mol. The van der Waals surface area contributed by atoms with Gasteiger partial charge in [0.2, 0.25) is 0 Å². The molecule has 0 spiro atoms. The number of aryl methyl sites for hydroxylation is 1. The Kier molecular flexibility index (Phi) is 3.33. The highest BCUT2D eigenvalue weighted by Crippen LogP contribution is 2.06. The van der Waals surface area contributed by atoms with Crippen LogP contribution in [0.5, 0.6) is 0 Å². The van der Waals surface area contributed by atoms with Gasteiger partial charge in [0, 0.05) is 6.54 Å². The predicted molar refractivity (Wildman–Crippen MR) is 60.9 cm³/mol. The summed E-state index contributed by atoms with van der Waals surface area (Å²) in [5.74, 6) is 2.72. The van der Waals surface area contributed by atoms with Crippen LogP contribution in [0.2, 0.25) is 0 Å². The third-order valence-corrected chi connectivity index (χ3v) is 2.18. The smallest absolute Gasteiger partial charge is 0.0743 e. The fraction of sp³-hybridized carbons (Fsp3) is 0.385. The van der Waals surface area contributed by atoms with E-state index in [1.807, 2.05) is 13.8 Å². The minimum Gasteiger partial charge on any atom is -0.298 e. The standard InChI is InChI=1S/C13H17N/c1-5-13(3,4)14-10-12-8-6-7-11(2)9-12/h1,6-9,14H,10H2,2-4H3. The summed E-state index contributed by atoms with van der Waals surface area (Å²) < 4.78 is 0. The zero-order chi connectivity index (χ0) is 10.6. The maximum Gasteiger partial charge on any atom is 0.0743 e. The van der Waals surface area contributed by atoms with Crippen LogP contribution in [0.15, 0.2) is 24.3 Å². The molecule has 0 aliphatic rings. The average molecular weight is 187 g/mol. The van der Waals surface area contributed by atoms with Crippen molar-refractivity contribution in [3.63, 3.8) is 0 Å². The zero-order valence-electron chi connectivity index (χ0n) is 9.09. The Hall–Kier alpha value is -1.26. The van der Waals surface area contributed by atoms with Gasteiger partial charge in [0.25, 0.3) is 0 Å². The van der Waals surface area contributed by atoms with Crippen LogP contribution in [-0.2, 0) is 6.54 Å². The molecule has 74 valence electrons. The summed E-state index contributed by atoms with van der Waals surface area (Å²) in [5.41, 5.74) is 2.32. The van der Waals surface area contributed by atoms with Gasteiger partial charge in [0.1, 0.15) is 0 Å². The van der Waals surface area contributed by atoms with Gasteiger partial charge in [-0.3, -0.25) is 5.32 Å². The van der Waals surface area contributed by atoms with Gasteiger partial charge in [-0.05, 0) is 26.3 Å². The van der Waals surface area contributed by atoms with E-state index in [1.165, 1.54) is 11.1 Å².